The number of amides is 1. The molecule has 1 saturated heterocycles. The molecule has 0 spiro atoms. The Morgan fingerprint density at radius 1 is 1.00 bits per heavy atom. The van der Waals surface area contributed by atoms with Crippen molar-refractivity contribution < 1.29 is 9.53 Å². The Kier molecular flexibility index (Phi) is 6.84. The molecule has 0 N–H and O–H groups in total. The van der Waals surface area contributed by atoms with Crippen molar-refractivity contribution in [3.63, 3.8) is 0 Å². The summed E-state index contributed by atoms with van der Waals surface area (Å²) in [7, 11) is 0. The molecule has 0 aromatic heterocycles. The van der Waals surface area contributed by atoms with Crippen molar-refractivity contribution in [2.24, 2.45) is 0 Å². The van der Waals surface area contributed by atoms with Crippen LogP contribution in [-0.2, 0) is 6.42 Å². The van der Waals surface area contributed by atoms with Gasteiger partial charge in [-0.1, -0.05) is 30.3 Å². The van der Waals surface area contributed by atoms with E-state index in [4.69, 9.17) is 10.00 Å². The van der Waals surface area contributed by atoms with E-state index in [2.05, 4.69) is 23.1 Å². The van der Waals surface area contributed by atoms with Crippen LogP contribution in [0.4, 0.5) is 0 Å². The molecule has 1 heterocycles. The van der Waals surface area contributed by atoms with E-state index in [0.29, 0.717) is 31.7 Å². The van der Waals surface area contributed by atoms with E-state index in [1.54, 1.807) is 0 Å². The first-order valence-corrected chi connectivity index (χ1v) is 9.41. The summed E-state index contributed by atoms with van der Waals surface area (Å²) in [6, 6.07) is 19.8. The van der Waals surface area contributed by atoms with Gasteiger partial charge in [-0.15, -0.1) is 0 Å². The first kappa shape index (κ1) is 18.9. The van der Waals surface area contributed by atoms with Crippen LogP contribution in [0.5, 0.6) is 5.75 Å². The normalized spacial score (nSPS) is 14.6. The van der Waals surface area contributed by atoms with E-state index in [9.17, 15) is 4.79 Å². The number of ether oxygens (including phenoxy) is 1. The quantitative estimate of drug-likeness (QED) is 0.759. The van der Waals surface area contributed by atoms with Gasteiger partial charge in [-0.2, -0.15) is 5.26 Å². The average Bonchev–Trinajstić information content (AvgIpc) is 2.73. The number of carbonyl (C=O) groups excluding carboxylic acids is 1. The molecular weight excluding hydrogens is 338 g/mol. The van der Waals surface area contributed by atoms with Crippen LogP contribution in [0.1, 0.15) is 22.3 Å². The summed E-state index contributed by atoms with van der Waals surface area (Å²) in [5.74, 6) is 0.842. The minimum atomic E-state index is 0.0609. The molecule has 2 aromatic rings. The molecule has 1 amide bonds. The summed E-state index contributed by atoms with van der Waals surface area (Å²) in [5.41, 5.74) is 1.94. The predicted molar refractivity (Wildman–Crippen MR) is 105 cm³/mol. The van der Waals surface area contributed by atoms with Crippen LogP contribution >= 0.6 is 0 Å². The van der Waals surface area contributed by atoms with Gasteiger partial charge in [-0.3, -0.25) is 9.69 Å². The molecule has 0 atom stereocenters. The molecule has 1 fully saturated rings. The second-order valence-electron chi connectivity index (χ2n) is 6.65. The van der Waals surface area contributed by atoms with Gasteiger partial charge in [0.15, 0.2) is 0 Å². The van der Waals surface area contributed by atoms with Gasteiger partial charge in [0.1, 0.15) is 5.75 Å². The van der Waals surface area contributed by atoms with Crippen molar-refractivity contribution in [1.29, 1.82) is 5.26 Å². The second-order valence-corrected chi connectivity index (χ2v) is 6.65. The molecule has 0 aliphatic carbocycles. The second kappa shape index (κ2) is 9.75. The van der Waals surface area contributed by atoms with Crippen LogP contribution in [0, 0.1) is 11.3 Å². The topological polar surface area (TPSA) is 56.6 Å². The van der Waals surface area contributed by atoms with Crippen molar-refractivity contribution >= 4 is 5.91 Å². The molecule has 2 aromatic carbocycles. The van der Waals surface area contributed by atoms with Gasteiger partial charge in [0.25, 0.3) is 5.91 Å². The molecule has 0 bridgehead atoms. The Balaban J connectivity index is 1.45. The smallest absolute Gasteiger partial charge is 0.253 e. The van der Waals surface area contributed by atoms with E-state index < -0.39 is 0 Å². The van der Waals surface area contributed by atoms with E-state index in [1.165, 1.54) is 5.56 Å². The Morgan fingerprint density at radius 2 is 1.70 bits per heavy atom. The molecule has 140 valence electrons. The fraction of sp³-hybridized carbons (Fsp3) is 0.364. The van der Waals surface area contributed by atoms with E-state index in [-0.39, 0.29) is 5.91 Å². The summed E-state index contributed by atoms with van der Waals surface area (Å²) >= 11 is 0. The van der Waals surface area contributed by atoms with E-state index in [1.807, 2.05) is 47.4 Å². The summed E-state index contributed by atoms with van der Waals surface area (Å²) < 4.78 is 5.78. The number of benzene rings is 2. The molecule has 3 rings (SSSR count). The molecular formula is C22H25N3O2. The number of nitrogens with zero attached hydrogens (tertiary/aromatic N) is 3. The number of nitriles is 1. The maximum atomic E-state index is 12.6. The Hall–Kier alpha value is -2.84. The highest BCUT2D eigenvalue weighted by molar-refractivity contribution is 5.94. The maximum Gasteiger partial charge on any atom is 0.253 e. The first-order chi connectivity index (χ1) is 13.3. The van der Waals surface area contributed by atoms with Gasteiger partial charge in [-0.05, 0) is 29.8 Å². The number of carbonyl (C=O) groups is 1. The fourth-order valence-electron chi connectivity index (χ4n) is 3.19. The molecule has 5 nitrogen and oxygen atoms in total. The third-order valence-corrected chi connectivity index (χ3v) is 4.80. The largest absolute Gasteiger partial charge is 0.493 e. The summed E-state index contributed by atoms with van der Waals surface area (Å²) in [5, 5.41) is 8.67. The van der Waals surface area contributed by atoms with Gasteiger partial charge >= 0.3 is 0 Å². The van der Waals surface area contributed by atoms with Crippen molar-refractivity contribution in [3.8, 4) is 11.8 Å². The zero-order valence-electron chi connectivity index (χ0n) is 15.5. The van der Waals surface area contributed by atoms with E-state index >= 15 is 0 Å². The lowest BCUT2D eigenvalue weighted by atomic mass is 10.1. The van der Waals surface area contributed by atoms with Crippen LogP contribution in [0.3, 0.4) is 0 Å². The minimum Gasteiger partial charge on any atom is -0.493 e. The first-order valence-electron chi connectivity index (χ1n) is 9.41. The number of hydrogen-bond donors (Lipinski definition) is 0. The van der Waals surface area contributed by atoms with Crippen molar-refractivity contribution in [2.75, 3.05) is 39.3 Å². The standard InChI is InChI=1S/C22H25N3O2/c23-12-4-13-24-14-16-25(17-15-24)22(26)20-7-9-21(10-8-20)27-18-11-19-5-2-1-3-6-19/h1-3,5-10H,4,11,13-18H2. The number of rotatable bonds is 7. The summed E-state index contributed by atoms with van der Waals surface area (Å²) in [6.07, 6.45) is 1.40. The molecule has 27 heavy (non-hydrogen) atoms. The molecule has 1 aliphatic heterocycles. The maximum absolute atomic E-state index is 12.6. The van der Waals surface area contributed by atoms with Crippen molar-refractivity contribution in [2.45, 2.75) is 12.8 Å². The summed E-state index contributed by atoms with van der Waals surface area (Å²) in [6.45, 7) is 4.47. The van der Waals surface area contributed by atoms with Crippen LogP contribution in [0.15, 0.2) is 54.6 Å². The molecule has 0 saturated carbocycles. The van der Waals surface area contributed by atoms with Crippen LogP contribution in [0.2, 0.25) is 0 Å². The lowest BCUT2D eigenvalue weighted by Gasteiger charge is -2.34. The van der Waals surface area contributed by atoms with Gasteiger partial charge in [-0.25, -0.2) is 0 Å². The molecule has 5 heteroatoms. The SMILES string of the molecule is N#CCCN1CCN(C(=O)c2ccc(OCCc3ccccc3)cc2)CC1. The predicted octanol–water partition coefficient (Wildman–Crippen LogP) is 2.98. The molecule has 1 aliphatic rings. The molecule has 0 unspecified atom stereocenters. The highest BCUT2D eigenvalue weighted by Crippen LogP contribution is 2.15. The highest BCUT2D eigenvalue weighted by Gasteiger charge is 2.21. The van der Waals surface area contributed by atoms with Gasteiger partial charge in [0, 0.05) is 51.1 Å². The van der Waals surface area contributed by atoms with Crippen molar-refractivity contribution in [1.82, 2.24) is 9.80 Å². The lowest BCUT2D eigenvalue weighted by Crippen LogP contribution is -2.48. The summed E-state index contributed by atoms with van der Waals surface area (Å²) in [4.78, 5) is 16.8. The van der Waals surface area contributed by atoms with Crippen LogP contribution in [0.25, 0.3) is 0 Å². The molecule has 0 radical (unpaired) electrons. The minimum absolute atomic E-state index is 0.0609. The van der Waals surface area contributed by atoms with Gasteiger partial charge < -0.3 is 9.64 Å². The number of hydrogen-bond acceptors (Lipinski definition) is 4. The zero-order chi connectivity index (χ0) is 18.9. The Labute approximate surface area is 160 Å². The fourth-order valence-corrected chi connectivity index (χ4v) is 3.19. The monoisotopic (exact) mass is 363 g/mol. The van der Waals surface area contributed by atoms with Crippen molar-refractivity contribution in [3.05, 3.63) is 65.7 Å². The lowest BCUT2D eigenvalue weighted by molar-refractivity contribution is 0.0639. The average molecular weight is 363 g/mol. The van der Waals surface area contributed by atoms with Crippen LogP contribution in [-0.4, -0.2) is 55.0 Å². The Bertz CT molecular complexity index is 760. The zero-order valence-corrected chi connectivity index (χ0v) is 15.5. The highest BCUT2D eigenvalue weighted by atomic mass is 16.5. The van der Waals surface area contributed by atoms with E-state index in [0.717, 1.165) is 31.8 Å². The third-order valence-electron chi connectivity index (χ3n) is 4.80. The van der Waals surface area contributed by atoms with Gasteiger partial charge in [0.05, 0.1) is 12.7 Å². The Morgan fingerprint density at radius 3 is 2.37 bits per heavy atom. The third kappa shape index (κ3) is 5.57. The van der Waals surface area contributed by atoms with Crippen LogP contribution < -0.4 is 4.74 Å². The number of piperazine rings is 1. The van der Waals surface area contributed by atoms with Gasteiger partial charge in [0.2, 0.25) is 0 Å².